The zero-order valence-electron chi connectivity index (χ0n) is 18.2. The number of aryl methyl sites for hydroxylation is 3. The van der Waals surface area contributed by atoms with E-state index in [1.54, 1.807) is 0 Å². The average Bonchev–Trinajstić information content (AvgIpc) is 3.21. The van der Waals surface area contributed by atoms with Gasteiger partial charge >= 0.3 is 0 Å². The van der Waals surface area contributed by atoms with E-state index in [0.717, 1.165) is 60.9 Å². The molecular formula is C22H33N7. The standard InChI is InChI=1S/C22H33N7/c1-6-23-22(25-15(2)14-18-16(3)28-29(5)17(18)4)24-13-9-12-21-26-19-10-7-8-11-20(19)27-21/h7-8,10-11,15H,6,9,12-14H2,1-5H3,(H,26,27)(H2,23,24,25). The van der Waals surface area contributed by atoms with E-state index in [4.69, 9.17) is 4.99 Å². The van der Waals surface area contributed by atoms with E-state index in [0.29, 0.717) is 0 Å². The maximum Gasteiger partial charge on any atom is 0.191 e. The molecule has 0 spiro atoms. The number of hydrogen-bond donors (Lipinski definition) is 3. The molecule has 3 rings (SSSR count). The zero-order valence-corrected chi connectivity index (χ0v) is 18.2. The number of aromatic nitrogens is 4. The van der Waals surface area contributed by atoms with Crippen LogP contribution in [0.2, 0.25) is 0 Å². The fraction of sp³-hybridized carbons (Fsp3) is 0.500. The SMILES string of the molecule is CCNC(=NCCCc1nc2ccccc2[nH]1)NC(C)Cc1c(C)nn(C)c1C. The van der Waals surface area contributed by atoms with Gasteiger partial charge in [0.05, 0.1) is 16.7 Å². The number of rotatable bonds is 8. The Labute approximate surface area is 173 Å². The summed E-state index contributed by atoms with van der Waals surface area (Å²) >= 11 is 0. The smallest absolute Gasteiger partial charge is 0.191 e. The van der Waals surface area contributed by atoms with Gasteiger partial charge in [-0.3, -0.25) is 9.67 Å². The van der Waals surface area contributed by atoms with Gasteiger partial charge in [0.25, 0.3) is 0 Å². The lowest BCUT2D eigenvalue weighted by atomic mass is 10.1. The summed E-state index contributed by atoms with van der Waals surface area (Å²) in [4.78, 5) is 12.8. The molecule has 3 N–H and O–H groups in total. The Bertz CT molecular complexity index is 934. The molecule has 156 valence electrons. The quantitative estimate of drug-likeness (QED) is 0.311. The zero-order chi connectivity index (χ0) is 20.8. The van der Waals surface area contributed by atoms with Crippen molar-refractivity contribution in [3.63, 3.8) is 0 Å². The monoisotopic (exact) mass is 395 g/mol. The second-order valence-electron chi connectivity index (χ2n) is 7.59. The van der Waals surface area contributed by atoms with E-state index in [1.807, 2.05) is 29.9 Å². The van der Waals surface area contributed by atoms with Gasteiger partial charge in [0.2, 0.25) is 0 Å². The molecule has 0 aliphatic carbocycles. The number of nitrogens with one attached hydrogen (secondary N) is 3. The fourth-order valence-corrected chi connectivity index (χ4v) is 3.58. The summed E-state index contributed by atoms with van der Waals surface area (Å²) in [5.74, 6) is 1.89. The van der Waals surface area contributed by atoms with Gasteiger partial charge in [-0.1, -0.05) is 12.1 Å². The number of guanidine groups is 1. The van der Waals surface area contributed by atoms with Crippen LogP contribution in [-0.4, -0.2) is 44.8 Å². The Morgan fingerprint density at radius 1 is 1.28 bits per heavy atom. The number of imidazole rings is 1. The predicted molar refractivity (Wildman–Crippen MR) is 119 cm³/mol. The largest absolute Gasteiger partial charge is 0.357 e. The van der Waals surface area contributed by atoms with Gasteiger partial charge in [-0.25, -0.2) is 4.98 Å². The Hall–Kier alpha value is -2.83. The molecule has 0 aliphatic heterocycles. The van der Waals surface area contributed by atoms with Crippen LogP contribution in [-0.2, 0) is 19.9 Å². The van der Waals surface area contributed by atoms with E-state index in [9.17, 15) is 0 Å². The molecule has 0 saturated heterocycles. The van der Waals surface area contributed by atoms with Gasteiger partial charge < -0.3 is 15.6 Å². The van der Waals surface area contributed by atoms with Crippen molar-refractivity contribution >= 4 is 17.0 Å². The highest BCUT2D eigenvalue weighted by Crippen LogP contribution is 2.14. The van der Waals surface area contributed by atoms with Crippen molar-refractivity contribution in [2.24, 2.45) is 12.0 Å². The lowest BCUT2D eigenvalue weighted by Crippen LogP contribution is -2.43. The average molecular weight is 396 g/mol. The minimum atomic E-state index is 0.268. The molecule has 1 aromatic carbocycles. The van der Waals surface area contributed by atoms with Crippen molar-refractivity contribution in [2.75, 3.05) is 13.1 Å². The molecule has 7 nitrogen and oxygen atoms in total. The Kier molecular flexibility index (Phi) is 6.90. The summed E-state index contributed by atoms with van der Waals surface area (Å²) in [6.07, 6.45) is 2.77. The molecule has 0 amide bonds. The van der Waals surface area contributed by atoms with Crippen LogP contribution in [0.1, 0.15) is 43.0 Å². The molecule has 0 aliphatic rings. The van der Waals surface area contributed by atoms with E-state index in [1.165, 1.54) is 11.3 Å². The molecule has 0 bridgehead atoms. The van der Waals surface area contributed by atoms with Crippen molar-refractivity contribution in [2.45, 2.75) is 53.0 Å². The lowest BCUT2D eigenvalue weighted by molar-refractivity contribution is 0.634. The fourth-order valence-electron chi connectivity index (χ4n) is 3.58. The minimum absolute atomic E-state index is 0.268. The topological polar surface area (TPSA) is 82.9 Å². The van der Waals surface area contributed by atoms with Crippen LogP contribution in [0.4, 0.5) is 0 Å². The summed E-state index contributed by atoms with van der Waals surface area (Å²) in [6, 6.07) is 8.41. The number of aromatic amines is 1. The number of fused-ring (bicyclic) bond motifs is 1. The predicted octanol–water partition coefficient (Wildman–Crippen LogP) is 3.03. The van der Waals surface area contributed by atoms with Gasteiger partial charge in [0, 0.05) is 38.3 Å². The summed E-state index contributed by atoms with van der Waals surface area (Å²) in [5.41, 5.74) is 5.76. The molecule has 3 aromatic rings. The molecule has 7 heteroatoms. The number of H-pyrrole nitrogens is 1. The Balaban J connectivity index is 1.53. The van der Waals surface area contributed by atoms with Crippen LogP contribution in [0, 0.1) is 13.8 Å². The van der Waals surface area contributed by atoms with Crippen molar-refractivity contribution in [1.82, 2.24) is 30.4 Å². The van der Waals surface area contributed by atoms with Crippen molar-refractivity contribution in [3.05, 3.63) is 47.0 Å². The van der Waals surface area contributed by atoms with Crippen LogP contribution in [0.3, 0.4) is 0 Å². The summed E-state index contributed by atoms with van der Waals surface area (Å²) in [6.45, 7) is 10.1. The van der Waals surface area contributed by atoms with Crippen LogP contribution in [0.5, 0.6) is 0 Å². The van der Waals surface area contributed by atoms with Gasteiger partial charge in [-0.2, -0.15) is 5.10 Å². The number of hydrogen-bond acceptors (Lipinski definition) is 3. The third kappa shape index (κ3) is 5.37. The summed E-state index contributed by atoms with van der Waals surface area (Å²) in [5, 5.41) is 11.4. The number of para-hydroxylation sites is 2. The van der Waals surface area contributed by atoms with E-state index < -0.39 is 0 Å². The second-order valence-corrected chi connectivity index (χ2v) is 7.59. The first-order chi connectivity index (χ1) is 14.0. The molecule has 0 radical (unpaired) electrons. The number of aliphatic imine (C=N–C) groups is 1. The lowest BCUT2D eigenvalue weighted by Gasteiger charge is -2.18. The molecule has 1 unspecified atom stereocenters. The van der Waals surface area contributed by atoms with E-state index >= 15 is 0 Å². The highest BCUT2D eigenvalue weighted by atomic mass is 15.3. The first-order valence-corrected chi connectivity index (χ1v) is 10.5. The minimum Gasteiger partial charge on any atom is -0.357 e. The van der Waals surface area contributed by atoms with E-state index in [-0.39, 0.29) is 6.04 Å². The van der Waals surface area contributed by atoms with Gasteiger partial charge in [-0.05, 0) is 58.2 Å². The van der Waals surface area contributed by atoms with E-state index in [2.05, 4.69) is 59.5 Å². The molecule has 1 atom stereocenters. The third-order valence-electron chi connectivity index (χ3n) is 5.18. The van der Waals surface area contributed by atoms with Gasteiger partial charge in [-0.15, -0.1) is 0 Å². The molecule has 0 fully saturated rings. The third-order valence-corrected chi connectivity index (χ3v) is 5.18. The van der Waals surface area contributed by atoms with Gasteiger partial charge in [0.15, 0.2) is 5.96 Å². The van der Waals surface area contributed by atoms with Crippen LogP contribution >= 0.6 is 0 Å². The number of nitrogens with zero attached hydrogens (tertiary/aromatic N) is 4. The molecule has 2 aromatic heterocycles. The Morgan fingerprint density at radius 2 is 2.07 bits per heavy atom. The normalized spacial score (nSPS) is 13.1. The Morgan fingerprint density at radius 3 is 2.76 bits per heavy atom. The van der Waals surface area contributed by atoms with Gasteiger partial charge in [0.1, 0.15) is 5.82 Å². The highest BCUT2D eigenvalue weighted by Gasteiger charge is 2.14. The number of benzene rings is 1. The molecule has 29 heavy (non-hydrogen) atoms. The van der Waals surface area contributed by atoms with Crippen LogP contribution in [0.15, 0.2) is 29.3 Å². The molecule has 2 heterocycles. The van der Waals surface area contributed by atoms with Crippen LogP contribution < -0.4 is 10.6 Å². The maximum absolute atomic E-state index is 4.75. The maximum atomic E-state index is 4.75. The van der Waals surface area contributed by atoms with Crippen molar-refractivity contribution < 1.29 is 0 Å². The van der Waals surface area contributed by atoms with Crippen molar-refractivity contribution in [1.29, 1.82) is 0 Å². The second kappa shape index (κ2) is 9.58. The first kappa shape index (κ1) is 20.9. The van der Waals surface area contributed by atoms with Crippen molar-refractivity contribution in [3.8, 4) is 0 Å². The first-order valence-electron chi connectivity index (χ1n) is 10.5. The highest BCUT2D eigenvalue weighted by molar-refractivity contribution is 5.80. The summed E-state index contributed by atoms with van der Waals surface area (Å²) in [7, 11) is 2.00. The van der Waals surface area contributed by atoms with Crippen LogP contribution in [0.25, 0.3) is 11.0 Å². The molecule has 0 saturated carbocycles. The summed E-state index contributed by atoms with van der Waals surface area (Å²) < 4.78 is 1.95. The molecular weight excluding hydrogens is 362 g/mol.